The molecule has 0 aromatic heterocycles. The zero-order valence-corrected chi connectivity index (χ0v) is 14.2. The molecule has 0 aliphatic heterocycles. The van der Waals surface area contributed by atoms with Crippen LogP contribution in [0.15, 0.2) is 24.3 Å². The second-order valence-corrected chi connectivity index (χ2v) is 5.95. The van der Waals surface area contributed by atoms with Crippen molar-refractivity contribution in [3.05, 3.63) is 35.4 Å². The van der Waals surface area contributed by atoms with Crippen LogP contribution in [-0.2, 0) is 16.0 Å². The Kier molecular flexibility index (Phi) is 9.19. The van der Waals surface area contributed by atoms with Crippen molar-refractivity contribution in [3.8, 4) is 0 Å². The van der Waals surface area contributed by atoms with E-state index in [0.717, 1.165) is 25.1 Å². The third-order valence-corrected chi connectivity index (χ3v) is 4.25. The number of carbonyl (C=O) groups excluding carboxylic acids is 1. The maximum absolute atomic E-state index is 11.4. The molecular weight excluding hydrogens is 282 g/mol. The Hall–Kier alpha value is -1.00. The number of hydrogen-bond acceptors (Lipinski definition) is 4. The van der Waals surface area contributed by atoms with E-state index >= 15 is 0 Å². The molecule has 1 aromatic carbocycles. The Morgan fingerprint density at radius 2 is 1.95 bits per heavy atom. The van der Waals surface area contributed by atoms with E-state index in [1.54, 1.807) is 11.8 Å². The van der Waals surface area contributed by atoms with Crippen LogP contribution in [0.5, 0.6) is 0 Å². The molecule has 118 valence electrons. The highest BCUT2D eigenvalue weighted by Gasteiger charge is 2.12. The predicted octanol–water partition coefficient (Wildman–Crippen LogP) is 3.59. The van der Waals surface area contributed by atoms with Crippen molar-refractivity contribution in [2.45, 2.75) is 39.7 Å². The Labute approximate surface area is 132 Å². The van der Waals surface area contributed by atoms with Crippen LogP contribution in [0.2, 0.25) is 0 Å². The van der Waals surface area contributed by atoms with Gasteiger partial charge in [0.05, 0.1) is 12.4 Å². The standard InChI is InChI=1S/C17H27NO2S/c1-4-11-18-16(12-21-13-17(19)20-6-3)15-9-7-14(5-2)8-10-15/h7-10,16,18H,4-6,11-13H2,1-3H3. The summed E-state index contributed by atoms with van der Waals surface area (Å²) in [5, 5.41) is 3.56. The Balaban J connectivity index is 2.55. The van der Waals surface area contributed by atoms with Gasteiger partial charge in [0.2, 0.25) is 0 Å². The number of hydrogen-bond donors (Lipinski definition) is 1. The lowest BCUT2D eigenvalue weighted by atomic mass is 10.0. The van der Waals surface area contributed by atoms with Crippen LogP contribution in [0.25, 0.3) is 0 Å². The van der Waals surface area contributed by atoms with Gasteiger partial charge in [-0.05, 0) is 37.4 Å². The summed E-state index contributed by atoms with van der Waals surface area (Å²) in [6.07, 6.45) is 2.16. The van der Waals surface area contributed by atoms with E-state index in [1.807, 2.05) is 6.92 Å². The van der Waals surface area contributed by atoms with E-state index in [9.17, 15) is 4.79 Å². The van der Waals surface area contributed by atoms with Crippen LogP contribution in [0.3, 0.4) is 0 Å². The third-order valence-electron chi connectivity index (χ3n) is 3.24. The van der Waals surface area contributed by atoms with E-state index in [1.165, 1.54) is 11.1 Å². The molecule has 4 heteroatoms. The number of ether oxygens (including phenoxy) is 1. The molecule has 0 amide bonds. The first kappa shape index (κ1) is 18.1. The van der Waals surface area contributed by atoms with Gasteiger partial charge in [0.25, 0.3) is 0 Å². The SMILES string of the molecule is CCCNC(CSCC(=O)OCC)c1ccc(CC)cc1. The van der Waals surface area contributed by atoms with E-state index < -0.39 is 0 Å². The first-order valence-electron chi connectivity index (χ1n) is 7.76. The molecule has 1 atom stereocenters. The average molecular weight is 309 g/mol. The lowest BCUT2D eigenvalue weighted by Crippen LogP contribution is -2.24. The minimum Gasteiger partial charge on any atom is -0.465 e. The normalized spacial score (nSPS) is 12.1. The molecule has 0 fully saturated rings. The van der Waals surface area contributed by atoms with Crippen LogP contribution < -0.4 is 5.32 Å². The van der Waals surface area contributed by atoms with Crippen molar-refractivity contribution in [2.24, 2.45) is 0 Å². The first-order chi connectivity index (χ1) is 10.2. The fraction of sp³-hybridized carbons (Fsp3) is 0.588. The average Bonchev–Trinajstić information content (AvgIpc) is 2.51. The lowest BCUT2D eigenvalue weighted by molar-refractivity contribution is -0.139. The van der Waals surface area contributed by atoms with Crippen molar-refractivity contribution >= 4 is 17.7 Å². The molecule has 0 aliphatic carbocycles. The summed E-state index contributed by atoms with van der Waals surface area (Å²) in [4.78, 5) is 11.4. The maximum Gasteiger partial charge on any atom is 0.315 e. The molecule has 0 bridgehead atoms. The number of aryl methyl sites for hydroxylation is 1. The van der Waals surface area contributed by atoms with Gasteiger partial charge in [0.1, 0.15) is 0 Å². The number of rotatable bonds is 10. The second kappa shape index (κ2) is 10.7. The highest BCUT2D eigenvalue weighted by molar-refractivity contribution is 7.99. The van der Waals surface area contributed by atoms with Crippen LogP contribution >= 0.6 is 11.8 Å². The molecule has 0 spiro atoms. The fourth-order valence-electron chi connectivity index (χ4n) is 2.04. The number of benzene rings is 1. The summed E-state index contributed by atoms with van der Waals surface area (Å²) in [5.74, 6) is 1.17. The predicted molar refractivity (Wildman–Crippen MR) is 90.8 cm³/mol. The lowest BCUT2D eigenvalue weighted by Gasteiger charge is -2.19. The summed E-state index contributed by atoms with van der Waals surface area (Å²) in [7, 11) is 0. The van der Waals surface area contributed by atoms with Crippen molar-refractivity contribution in [2.75, 3.05) is 24.7 Å². The molecule has 0 heterocycles. The summed E-state index contributed by atoms with van der Waals surface area (Å²) >= 11 is 1.63. The largest absolute Gasteiger partial charge is 0.465 e. The van der Waals surface area contributed by atoms with E-state index in [4.69, 9.17) is 4.74 Å². The third kappa shape index (κ3) is 7.00. The van der Waals surface area contributed by atoms with Crippen molar-refractivity contribution in [1.29, 1.82) is 0 Å². The van der Waals surface area contributed by atoms with E-state index in [2.05, 4.69) is 43.4 Å². The molecule has 0 saturated heterocycles. The molecule has 1 aromatic rings. The molecule has 0 radical (unpaired) electrons. The van der Waals surface area contributed by atoms with E-state index in [-0.39, 0.29) is 12.0 Å². The number of nitrogens with one attached hydrogen (secondary N) is 1. The van der Waals surface area contributed by atoms with Gasteiger partial charge in [0, 0.05) is 11.8 Å². The van der Waals surface area contributed by atoms with Gasteiger partial charge < -0.3 is 10.1 Å². The van der Waals surface area contributed by atoms with Crippen molar-refractivity contribution in [1.82, 2.24) is 5.32 Å². The first-order valence-corrected chi connectivity index (χ1v) is 8.92. The van der Waals surface area contributed by atoms with Gasteiger partial charge in [0.15, 0.2) is 0 Å². The highest BCUT2D eigenvalue weighted by Crippen LogP contribution is 2.19. The van der Waals surface area contributed by atoms with Crippen LogP contribution in [0.1, 0.15) is 44.4 Å². The topological polar surface area (TPSA) is 38.3 Å². The van der Waals surface area contributed by atoms with Crippen molar-refractivity contribution < 1.29 is 9.53 Å². The van der Waals surface area contributed by atoms with Crippen molar-refractivity contribution in [3.63, 3.8) is 0 Å². The molecule has 0 aliphatic rings. The molecule has 1 rings (SSSR count). The highest BCUT2D eigenvalue weighted by atomic mass is 32.2. The minimum absolute atomic E-state index is 0.127. The van der Waals surface area contributed by atoms with Crippen LogP contribution in [-0.4, -0.2) is 30.6 Å². The minimum atomic E-state index is -0.127. The number of carbonyl (C=O) groups is 1. The molecule has 0 saturated carbocycles. The summed E-state index contributed by atoms with van der Waals surface area (Å²) in [6, 6.07) is 9.04. The fourth-order valence-corrected chi connectivity index (χ4v) is 2.95. The van der Waals surface area contributed by atoms with E-state index in [0.29, 0.717) is 12.4 Å². The zero-order valence-electron chi connectivity index (χ0n) is 13.4. The molecule has 1 unspecified atom stereocenters. The number of thioether (sulfide) groups is 1. The summed E-state index contributed by atoms with van der Waals surface area (Å²) in [5.41, 5.74) is 2.64. The summed E-state index contributed by atoms with van der Waals surface area (Å²) in [6.45, 7) is 7.60. The number of esters is 1. The smallest absolute Gasteiger partial charge is 0.315 e. The molecule has 3 nitrogen and oxygen atoms in total. The van der Waals surface area contributed by atoms with Gasteiger partial charge in [-0.3, -0.25) is 4.79 Å². The van der Waals surface area contributed by atoms with Crippen LogP contribution in [0.4, 0.5) is 0 Å². The van der Waals surface area contributed by atoms with Gasteiger partial charge in [-0.25, -0.2) is 0 Å². The molecule has 1 N–H and O–H groups in total. The van der Waals surface area contributed by atoms with Gasteiger partial charge in [-0.15, -0.1) is 11.8 Å². The van der Waals surface area contributed by atoms with Gasteiger partial charge in [-0.2, -0.15) is 0 Å². The quantitative estimate of drug-likeness (QED) is 0.670. The summed E-state index contributed by atoms with van der Waals surface area (Å²) < 4.78 is 4.96. The Morgan fingerprint density at radius 1 is 1.24 bits per heavy atom. The molecule has 21 heavy (non-hydrogen) atoms. The van der Waals surface area contributed by atoms with Gasteiger partial charge in [-0.1, -0.05) is 38.1 Å². The maximum atomic E-state index is 11.4. The van der Waals surface area contributed by atoms with Gasteiger partial charge >= 0.3 is 5.97 Å². The van der Waals surface area contributed by atoms with Crippen LogP contribution in [0, 0.1) is 0 Å². The zero-order chi connectivity index (χ0) is 15.5. The molecular formula is C17H27NO2S. The second-order valence-electron chi connectivity index (χ2n) is 4.92. The monoisotopic (exact) mass is 309 g/mol. The Morgan fingerprint density at radius 3 is 2.52 bits per heavy atom. The Bertz CT molecular complexity index is 406.